The predicted molar refractivity (Wildman–Crippen MR) is 53.2 cm³/mol. The number of methoxy groups -OCH3 is 1. The van der Waals surface area contributed by atoms with Gasteiger partial charge in [0, 0.05) is 16.7 Å². The first-order valence-electron chi connectivity index (χ1n) is 3.84. The van der Waals surface area contributed by atoms with Crippen molar-refractivity contribution in [3.63, 3.8) is 0 Å². The number of hydrogen-bond acceptors (Lipinski definition) is 5. The molecule has 0 spiro atoms. The number of pyridine rings is 1. The van der Waals surface area contributed by atoms with Gasteiger partial charge in [-0.15, -0.1) is 0 Å². The van der Waals surface area contributed by atoms with Crippen molar-refractivity contribution in [1.29, 1.82) is 0 Å². The Hall–Kier alpha value is -1.15. The zero-order valence-corrected chi connectivity index (χ0v) is 9.52. The molecule has 0 aliphatic heterocycles. The number of alkyl halides is 2. The van der Waals surface area contributed by atoms with Gasteiger partial charge in [0.2, 0.25) is 0 Å². The molecule has 0 saturated heterocycles. The number of rotatable bonds is 3. The second-order valence-electron chi connectivity index (χ2n) is 2.70. The molecule has 5 nitrogen and oxygen atoms in total. The van der Waals surface area contributed by atoms with E-state index in [4.69, 9.17) is 16.4 Å². The highest BCUT2D eigenvalue weighted by Crippen LogP contribution is 2.35. The van der Waals surface area contributed by atoms with Crippen molar-refractivity contribution in [2.45, 2.75) is 11.3 Å². The largest absolute Gasteiger partial charge is 0.495 e. The highest BCUT2D eigenvalue weighted by Gasteiger charge is 2.28. The average Bonchev–Trinajstić information content (AvgIpc) is 2.14. The maximum absolute atomic E-state index is 12.6. The second-order valence-corrected chi connectivity index (χ2v) is 5.21. The lowest BCUT2D eigenvalue weighted by Gasteiger charge is -2.10. The zero-order chi connectivity index (χ0) is 12.5. The van der Waals surface area contributed by atoms with Gasteiger partial charge in [-0.2, -0.15) is 0 Å². The minimum Gasteiger partial charge on any atom is -0.495 e. The molecule has 0 unspecified atom stereocenters. The molecule has 1 heterocycles. The third-order valence-corrected chi connectivity index (χ3v) is 3.02. The summed E-state index contributed by atoms with van der Waals surface area (Å²) in [4.78, 5) is 2.37. The van der Waals surface area contributed by atoms with E-state index >= 15 is 0 Å². The average molecular weight is 273 g/mol. The monoisotopic (exact) mass is 272 g/mol. The molecule has 0 radical (unpaired) electrons. The summed E-state index contributed by atoms with van der Waals surface area (Å²) in [5.74, 6) is -0.644. The first-order valence-corrected chi connectivity index (χ1v) is 6.15. The zero-order valence-electron chi connectivity index (χ0n) is 7.95. The smallest absolute Gasteiger partial charge is 0.281 e. The molecule has 0 atom stereocenters. The fraction of sp³-hybridized carbons (Fsp3) is 0.286. The number of halogens is 3. The van der Waals surface area contributed by atoms with Crippen LogP contribution in [0.25, 0.3) is 0 Å². The van der Waals surface area contributed by atoms with Crippen LogP contribution in [0.5, 0.6) is 5.75 Å². The van der Waals surface area contributed by atoms with Gasteiger partial charge in [0.1, 0.15) is 17.3 Å². The van der Waals surface area contributed by atoms with Gasteiger partial charge in [-0.05, 0) is 0 Å². The molecule has 0 amide bonds. The predicted octanol–water partition coefficient (Wildman–Crippen LogP) is 1.54. The quantitative estimate of drug-likeness (QED) is 0.844. The fourth-order valence-electron chi connectivity index (χ4n) is 1.09. The molecule has 0 bridgehead atoms. The van der Waals surface area contributed by atoms with Gasteiger partial charge in [-0.25, -0.2) is 22.2 Å². The van der Waals surface area contributed by atoms with Crippen LogP contribution < -0.4 is 10.5 Å². The van der Waals surface area contributed by atoms with Crippen molar-refractivity contribution >= 4 is 25.6 Å². The van der Waals surface area contributed by atoms with E-state index in [0.717, 1.165) is 13.2 Å². The van der Waals surface area contributed by atoms with Gasteiger partial charge in [0.15, 0.2) is 4.90 Å². The van der Waals surface area contributed by atoms with Gasteiger partial charge >= 0.3 is 0 Å². The molecular weight excluding hydrogens is 266 g/mol. The Morgan fingerprint density at radius 3 is 2.50 bits per heavy atom. The maximum atomic E-state index is 12.6. The van der Waals surface area contributed by atoms with Gasteiger partial charge < -0.3 is 10.5 Å². The van der Waals surface area contributed by atoms with E-state index in [9.17, 15) is 17.2 Å². The van der Waals surface area contributed by atoms with Crippen LogP contribution in [0.2, 0.25) is 0 Å². The Morgan fingerprint density at radius 2 is 2.12 bits per heavy atom. The summed E-state index contributed by atoms with van der Waals surface area (Å²) in [5, 5.41) is 0. The molecule has 0 fully saturated rings. The second kappa shape index (κ2) is 4.38. The van der Waals surface area contributed by atoms with E-state index in [1.165, 1.54) is 0 Å². The molecular formula is C7H7ClF2N2O3S. The van der Waals surface area contributed by atoms with Gasteiger partial charge in [0.05, 0.1) is 7.11 Å². The Labute approximate surface area is 94.6 Å². The van der Waals surface area contributed by atoms with E-state index in [2.05, 4.69) is 9.72 Å². The molecule has 2 N–H and O–H groups in total. The Kier molecular flexibility index (Phi) is 3.54. The number of anilines is 1. The summed E-state index contributed by atoms with van der Waals surface area (Å²) < 4.78 is 52.0. The summed E-state index contributed by atoms with van der Waals surface area (Å²) >= 11 is 0. The SMILES string of the molecule is COc1cc(N)nc(C(F)F)c1S(=O)(=O)Cl. The maximum Gasteiger partial charge on any atom is 0.281 e. The summed E-state index contributed by atoms with van der Waals surface area (Å²) in [6.45, 7) is 0. The Balaban J connectivity index is 3.65. The first kappa shape index (κ1) is 12.9. The normalized spacial score (nSPS) is 11.8. The van der Waals surface area contributed by atoms with E-state index in [1.54, 1.807) is 0 Å². The lowest BCUT2D eigenvalue weighted by molar-refractivity contribution is 0.141. The molecule has 1 rings (SSSR count). The van der Waals surface area contributed by atoms with E-state index in [1.807, 2.05) is 0 Å². The van der Waals surface area contributed by atoms with Crippen LogP contribution in [-0.2, 0) is 9.05 Å². The van der Waals surface area contributed by atoms with Crippen LogP contribution in [0.4, 0.5) is 14.6 Å². The van der Waals surface area contributed by atoms with Crippen molar-refractivity contribution in [3.05, 3.63) is 11.8 Å². The molecule has 1 aromatic rings. The molecule has 9 heteroatoms. The summed E-state index contributed by atoms with van der Waals surface area (Å²) in [6.07, 6.45) is -3.12. The summed E-state index contributed by atoms with van der Waals surface area (Å²) in [6, 6.07) is 1.00. The molecule has 1 aromatic heterocycles. The standard InChI is InChI=1S/C7H7ClF2N2O3S/c1-15-3-2-4(11)12-5(7(9)10)6(3)16(8,13)14/h2,7H,1H3,(H2,11,12). The van der Waals surface area contributed by atoms with Gasteiger partial charge in [-0.3, -0.25) is 0 Å². The lowest BCUT2D eigenvalue weighted by atomic mass is 10.3. The van der Waals surface area contributed by atoms with Crippen molar-refractivity contribution in [2.75, 3.05) is 12.8 Å². The van der Waals surface area contributed by atoms with Crippen LogP contribution in [0.15, 0.2) is 11.0 Å². The molecule has 0 aromatic carbocycles. The van der Waals surface area contributed by atoms with Crippen molar-refractivity contribution in [1.82, 2.24) is 4.98 Å². The Bertz CT molecular complexity index is 507. The number of nitrogens with zero attached hydrogens (tertiary/aromatic N) is 1. The molecule has 90 valence electrons. The number of nitrogens with two attached hydrogens (primary N) is 1. The van der Waals surface area contributed by atoms with Crippen molar-refractivity contribution < 1.29 is 21.9 Å². The molecule has 0 saturated carbocycles. The number of ether oxygens (including phenoxy) is 1. The third-order valence-electron chi connectivity index (χ3n) is 1.66. The van der Waals surface area contributed by atoms with E-state index in [-0.39, 0.29) is 11.6 Å². The number of nitrogen functional groups attached to an aromatic ring is 1. The molecule has 0 aliphatic carbocycles. The molecule has 16 heavy (non-hydrogen) atoms. The van der Waals surface area contributed by atoms with Gasteiger partial charge in [0.25, 0.3) is 15.5 Å². The summed E-state index contributed by atoms with van der Waals surface area (Å²) in [5.41, 5.74) is 4.20. The number of hydrogen-bond donors (Lipinski definition) is 1. The highest BCUT2D eigenvalue weighted by atomic mass is 35.7. The van der Waals surface area contributed by atoms with Crippen LogP contribution in [0, 0.1) is 0 Å². The Morgan fingerprint density at radius 1 is 1.56 bits per heavy atom. The topological polar surface area (TPSA) is 82.3 Å². The van der Waals surface area contributed by atoms with Crippen molar-refractivity contribution in [3.8, 4) is 5.75 Å². The first-order chi connectivity index (χ1) is 7.27. The van der Waals surface area contributed by atoms with E-state index in [0.29, 0.717) is 0 Å². The lowest BCUT2D eigenvalue weighted by Crippen LogP contribution is -2.07. The number of aromatic nitrogens is 1. The minimum absolute atomic E-state index is 0.281. The fourth-order valence-corrected chi connectivity index (χ4v) is 2.33. The van der Waals surface area contributed by atoms with Gasteiger partial charge in [-0.1, -0.05) is 0 Å². The third kappa shape index (κ3) is 2.50. The van der Waals surface area contributed by atoms with E-state index < -0.39 is 26.1 Å². The summed E-state index contributed by atoms with van der Waals surface area (Å²) in [7, 11) is 1.74. The molecule has 0 aliphatic rings. The minimum atomic E-state index is -4.39. The van der Waals surface area contributed by atoms with Crippen LogP contribution in [0.3, 0.4) is 0 Å². The van der Waals surface area contributed by atoms with Crippen molar-refractivity contribution in [2.24, 2.45) is 0 Å². The highest BCUT2D eigenvalue weighted by molar-refractivity contribution is 8.13. The van der Waals surface area contributed by atoms with Crippen LogP contribution >= 0.6 is 10.7 Å². The van der Waals surface area contributed by atoms with Crippen LogP contribution in [-0.4, -0.2) is 20.5 Å². The van der Waals surface area contributed by atoms with Crippen LogP contribution in [0.1, 0.15) is 12.1 Å².